The Labute approximate surface area is 98.8 Å². The number of hydrogen-bond donors (Lipinski definition) is 1. The molecule has 1 fully saturated rings. The molecule has 17 heavy (non-hydrogen) atoms. The minimum Gasteiger partial charge on any atom is -0.465 e. The summed E-state index contributed by atoms with van der Waals surface area (Å²) in [5.74, 6) is 0.448. The van der Waals surface area contributed by atoms with Crippen molar-refractivity contribution in [1.29, 1.82) is 0 Å². The predicted octanol–water partition coefficient (Wildman–Crippen LogP) is 2.06. The molecule has 2 aliphatic rings. The van der Waals surface area contributed by atoms with Crippen molar-refractivity contribution in [1.82, 2.24) is 4.98 Å². The molecule has 3 nitrogen and oxygen atoms in total. The van der Waals surface area contributed by atoms with E-state index in [4.69, 9.17) is 4.74 Å². The highest BCUT2D eigenvalue weighted by Crippen LogP contribution is 2.38. The highest BCUT2D eigenvalue weighted by atomic mass is 16.5. The van der Waals surface area contributed by atoms with E-state index in [-0.39, 0.29) is 11.9 Å². The van der Waals surface area contributed by atoms with E-state index >= 15 is 0 Å². The van der Waals surface area contributed by atoms with E-state index in [1.807, 2.05) is 6.07 Å². The fraction of sp³-hybridized carbons (Fsp3) is 0.357. The van der Waals surface area contributed by atoms with Gasteiger partial charge in [-0.15, -0.1) is 0 Å². The summed E-state index contributed by atoms with van der Waals surface area (Å²) in [6.45, 7) is 0.600. The highest BCUT2D eigenvalue weighted by Gasteiger charge is 2.41. The zero-order valence-electron chi connectivity index (χ0n) is 9.40. The molecule has 1 aromatic heterocycles. The molecule has 0 radical (unpaired) electrons. The molecule has 0 bridgehead atoms. The Balaban J connectivity index is 1.88. The molecular formula is C14H13NO2. The number of aromatic nitrogens is 1. The van der Waals surface area contributed by atoms with Crippen LogP contribution in [0.1, 0.15) is 11.3 Å². The molecule has 0 spiro atoms. The summed E-state index contributed by atoms with van der Waals surface area (Å²) >= 11 is 0. The van der Waals surface area contributed by atoms with Crippen LogP contribution in [0.2, 0.25) is 0 Å². The third-order valence-corrected chi connectivity index (χ3v) is 4.10. The lowest BCUT2D eigenvalue weighted by molar-refractivity contribution is -0.141. The fourth-order valence-corrected chi connectivity index (χ4v) is 3.20. The van der Waals surface area contributed by atoms with E-state index in [9.17, 15) is 4.79 Å². The lowest BCUT2D eigenvalue weighted by Crippen LogP contribution is -2.25. The molecule has 2 aromatic rings. The maximum atomic E-state index is 11.6. The molecule has 1 N–H and O–H groups in total. The number of nitrogens with one attached hydrogen (secondary N) is 1. The largest absolute Gasteiger partial charge is 0.465 e. The van der Waals surface area contributed by atoms with Crippen molar-refractivity contribution < 1.29 is 9.53 Å². The molecule has 3 heteroatoms. The number of benzene rings is 1. The van der Waals surface area contributed by atoms with E-state index in [2.05, 4.69) is 23.2 Å². The van der Waals surface area contributed by atoms with Gasteiger partial charge in [0.1, 0.15) is 0 Å². The SMILES string of the molecule is O=C1OCC2Cc3c([nH]c4ccccc34)CC12. The first-order valence-corrected chi connectivity index (χ1v) is 6.08. The molecule has 2 heterocycles. The summed E-state index contributed by atoms with van der Waals surface area (Å²) < 4.78 is 5.16. The second-order valence-corrected chi connectivity index (χ2v) is 5.03. The van der Waals surface area contributed by atoms with Crippen molar-refractivity contribution in [3.63, 3.8) is 0 Å². The number of hydrogen-bond acceptors (Lipinski definition) is 2. The molecule has 0 amide bonds. The van der Waals surface area contributed by atoms with Crippen LogP contribution in [0.25, 0.3) is 10.9 Å². The Morgan fingerprint density at radius 3 is 3.06 bits per heavy atom. The zero-order valence-corrected chi connectivity index (χ0v) is 9.40. The topological polar surface area (TPSA) is 42.1 Å². The minimum absolute atomic E-state index is 0.0145. The number of rotatable bonds is 0. The van der Waals surface area contributed by atoms with Crippen molar-refractivity contribution in [3.05, 3.63) is 35.5 Å². The van der Waals surface area contributed by atoms with E-state index in [1.54, 1.807) is 0 Å². The number of carbonyl (C=O) groups is 1. The number of esters is 1. The normalized spacial score (nSPS) is 26.7. The molecule has 4 rings (SSSR count). The minimum atomic E-state index is -0.0145. The summed E-state index contributed by atoms with van der Waals surface area (Å²) in [5, 5.41) is 1.31. The van der Waals surface area contributed by atoms with Crippen LogP contribution in [-0.2, 0) is 22.4 Å². The summed E-state index contributed by atoms with van der Waals surface area (Å²) in [7, 11) is 0. The average Bonchev–Trinajstić information content (AvgIpc) is 2.88. The molecule has 86 valence electrons. The first kappa shape index (κ1) is 9.28. The maximum absolute atomic E-state index is 11.6. The molecule has 1 aromatic carbocycles. The number of carbonyl (C=O) groups excluding carboxylic acids is 1. The van der Waals surface area contributed by atoms with Crippen LogP contribution in [0.4, 0.5) is 0 Å². The Bertz CT molecular complexity index is 614. The van der Waals surface area contributed by atoms with Gasteiger partial charge in [0.2, 0.25) is 0 Å². The summed E-state index contributed by atoms with van der Waals surface area (Å²) in [4.78, 5) is 15.0. The quantitative estimate of drug-likeness (QED) is 0.700. The van der Waals surface area contributed by atoms with Gasteiger partial charge in [0.15, 0.2) is 0 Å². The van der Waals surface area contributed by atoms with Gasteiger partial charge < -0.3 is 9.72 Å². The number of H-pyrrole nitrogens is 1. The van der Waals surface area contributed by atoms with E-state index < -0.39 is 0 Å². The van der Waals surface area contributed by atoms with Crippen molar-refractivity contribution in [2.45, 2.75) is 12.8 Å². The average molecular weight is 227 g/mol. The van der Waals surface area contributed by atoms with Crippen molar-refractivity contribution in [2.75, 3.05) is 6.61 Å². The molecule has 1 aliphatic heterocycles. The van der Waals surface area contributed by atoms with Crippen LogP contribution in [-0.4, -0.2) is 17.6 Å². The summed E-state index contributed by atoms with van der Waals surface area (Å²) in [5.41, 5.74) is 3.80. The van der Waals surface area contributed by atoms with Crippen LogP contribution in [0.5, 0.6) is 0 Å². The monoisotopic (exact) mass is 227 g/mol. The van der Waals surface area contributed by atoms with Gasteiger partial charge in [-0.05, 0) is 18.1 Å². The lowest BCUT2D eigenvalue weighted by atomic mass is 9.80. The van der Waals surface area contributed by atoms with Crippen LogP contribution >= 0.6 is 0 Å². The number of cyclic esters (lactones) is 1. The van der Waals surface area contributed by atoms with Gasteiger partial charge in [0, 0.05) is 28.9 Å². The van der Waals surface area contributed by atoms with Gasteiger partial charge in [0.05, 0.1) is 12.5 Å². The van der Waals surface area contributed by atoms with Gasteiger partial charge in [-0.1, -0.05) is 18.2 Å². The predicted molar refractivity (Wildman–Crippen MR) is 63.6 cm³/mol. The van der Waals surface area contributed by atoms with Crippen molar-refractivity contribution >= 4 is 16.9 Å². The van der Waals surface area contributed by atoms with E-state index in [0.29, 0.717) is 12.5 Å². The molecule has 2 unspecified atom stereocenters. The van der Waals surface area contributed by atoms with Gasteiger partial charge in [-0.3, -0.25) is 4.79 Å². The summed E-state index contributed by atoms with van der Waals surface area (Å²) in [6.07, 6.45) is 1.78. The first-order valence-electron chi connectivity index (χ1n) is 6.08. The number of aromatic amines is 1. The van der Waals surface area contributed by atoms with Gasteiger partial charge in [-0.25, -0.2) is 0 Å². The number of fused-ring (bicyclic) bond motifs is 4. The standard InChI is InChI=1S/C14H13NO2/c16-14-10-6-13-11(5-8(10)7-17-14)9-3-1-2-4-12(9)15-13/h1-4,8,10,15H,5-7H2. The smallest absolute Gasteiger partial charge is 0.309 e. The second-order valence-electron chi connectivity index (χ2n) is 5.03. The molecule has 2 atom stereocenters. The van der Waals surface area contributed by atoms with Crippen molar-refractivity contribution in [3.8, 4) is 0 Å². The van der Waals surface area contributed by atoms with Crippen molar-refractivity contribution in [2.24, 2.45) is 11.8 Å². The third-order valence-electron chi connectivity index (χ3n) is 4.10. The molecule has 1 saturated heterocycles. The Kier molecular flexibility index (Phi) is 1.71. The number of para-hydroxylation sites is 1. The molecular weight excluding hydrogens is 214 g/mol. The third kappa shape index (κ3) is 1.19. The Morgan fingerprint density at radius 1 is 1.24 bits per heavy atom. The zero-order chi connectivity index (χ0) is 11.4. The van der Waals surface area contributed by atoms with Crippen LogP contribution in [0, 0.1) is 11.8 Å². The lowest BCUT2D eigenvalue weighted by Gasteiger charge is -2.21. The van der Waals surface area contributed by atoms with Crippen LogP contribution in [0.15, 0.2) is 24.3 Å². The van der Waals surface area contributed by atoms with E-state index in [1.165, 1.54) is 22.2 Å². The van der Waals surface area contributed by atoms with Gasteiger partial charge in [0.25, 0.3) is 0 Å². The molecule has 0 saturated carbocycles. The molecule has 1 aliphatic carbocycles. The second kappa shape index (κ2) is 3.13. The van der Waals surface area contributed by atoms with Gasteiger partial charge >= 0.3 is 5.97 Å². The fourth-order valence-electron chi connectivity index (χ4n) is 3.20. The van der Waals surface area contributed by atoms with Gasteiger partial charge in [-0.2, -0.15) is 0 Å². The van der Waals surface area contributed by atoms with E-state index in [0.717, 1.165) is 12.8 Å². The first-order chi connectivity index (χ1) is 8.33. The maximum Gasteiger partial charge on any atom is 0.309 e. The summed E-state index contributed by atoms with van der Waals surface area (Å²) in [6, 6.07) is 8.36. The highest BCUT2D eigenvalue weighted by molar-refractivity contribution is 5.86. The number of ether oxygens (including phenoxy) is 1. The Hall–Kier alpha value is -1.77. The van der Waals surface area contributed by atoms with Crippen LogP contribution < -0.4 is 0 Å². The van der Waals surface area contributed by atoms with Crippen LogP contribution in [0.3, 0.4) is 0 Å². The Morgan fingerprint density at radius 2 is 2.12 bits per heavy atom.